The normalized spacial score (nSPS) is 12.6. The molecule has 0 bridgehead atoms. The minimum absolute atomic E-state index is 0.238. The summed E-state index contributed by atoms with van der Waals surface area (Å²) in [5, 5.41) is 19.3. The fourth-order valence-corrected chi connectivity index (χ4v) is 2.43. The smallest absolute Gasteiger partial charge is 0.118 e. The maximum absolute atomic E-state index is 9.94. The molecule has 2 nitrogen and oxygen atoms in total. The molecule has 20 heavy (non-hydrogen) atoms. The zero-order chi connectivity index (χ0) is 14.7. The van der Waals surface area contributed by atoms with Crippen LogP contribution in [0.15, 0.2) is 42.5 Å². The van der Waals surface area contributed by atoms with Gasteiger partial charge in [0.15, 0.2) is 0 Å². The Morgan fingerprint density at radius 2 is 1.45 bits per heavy atom. The number of rotatable bonds is 4. The Bertz CT molecular complexity index is 570. The van der Waals surface area contributed by atoms with Crippen molar-refractivity contribution in [2.45, 2.75) is 33.1 Å². The lowest BCUT2D eigenvalue weighted by Gasteiger charge is -2.15. The molecule has 0 amide bonds. The molecule has 0 aromatic heterocycles. The van der Waals surface area contributed by atoms with Gasteiger partial charge in [0.05, 0.1) is 0 Å². The number of aromatic hydroxyl groups is 2. The van der Waals surface area contributed by atoms with Gasteiger partial charge in [-0.2, -0.15) is 0 Å². The Hall–Kier alpha value is -1.96. The Balaban J connectivity index is 2.30. The van der Waals surface area contributed by atoms with Crippen LogP contribution in [0.25, 0.3) is 0 Å². The largest absolute Gasteiger partial charge is 0.508 e. The first-order chi connectivity index (χ1) is 9.47. The van der Waals surface area contributed by atoms with Crippen LogP contribution in [0.1, 0.15) is 43.4 Å². The molecule has 0 aliphatic carbocycles. The van der Waals surface area contributed by atoms with E-state index < -0.39 is 0 Å². The van der Waals surface area contributed by atoms with Crippen molar-refractivity contribution in [3.05, 3.63) is 59.2 Å². The summed E-state index contributed by atoms with van der Waals surface area (Å²) in [6.45, 7) is 6.43. The molecule has 0 saturated carbocycles. The van der Waals surface area contributed by atoms with Gasteiger partial charge in [0.1, 0.15) is 11.5 Å². The van der Waals surface area contributed by atoms with Crippen molar-refractivity contribution < 1.29 is 10.2 Å². The predicted octanol–water partition coefficient (Wildman–Crippen LogP) is 4.45. The second-order valence-electron chi connectivity index (χ2n) is 5.80. The highest BCUT2D eigenvalue weighted by Crippen LogP contribution is 2.30. The van der Waals surface area contributed by atoms with Crippen LogP contribution in [0.2, 0.25) is 0 Å². The van der Waals surface area contributed by atoms with E-state index >= 15 is 0 Å². The summed E-state index contributed by atoms with van der Waals surface area (Å²) >= 11 is 0. The van der Waals surface area contributed by atoms with Crippen molar-refractivity contribution in [2.75, 3.05) is 0 Å². The van der Waals surface area contributed by atoms with Crippen molar-refractivity contribution >= 4 is 0 Å². The molecule has 2 N–H and O–H groups in total. The van der Waals surface area contributed by atoms with Gasteiger partial charge in [0.2, 0.25) is 0 Å². The van der Waals surface area contributed by atoms with E-state index in [0.29, 0.717) is 11.7 Å². The predicted molar refractivity (Wildman–Crippen MR) is 82.3 cm³/mol. The molecule has 0 aliphatic heterocycles. The molecule has 1 atom stereocenters. The summed E-state index contributed by atoms with van der Waals surface area (Å²) in [5.41, 5.74) is 3.34. The van der Waals surface area contributed by atoms with E-state index in [0.717, 1.165) is 17.5 Å². The minimum atomic E-state index is 0.238. The molecule has 0 heterocycles. The van der Waals surface area contributed by atoms with Gasteiger partial charge in [0.25, 0.3) is 0 Å². The summed E-state index contributed by atoms with van der Waals surface area (Å²) in [5.74, 6) is 1.41. The van der Waals surface area contributed by atoms with Crippen molar-refractivity contribution in [2.24, 2.45) is 5.92 Å². The summed E-state index contributed by atoms with van der Waals surface area (Å²) in [6, 6.07) is 13.1. The van der Waals surface area contributed by atoms with Gasteiger partial charge in [-0.1, -0.05) is 45.0 Å². The van der Waals surface area contributed by atoms with Gasteiger partial charge in [-0.05, 0) is 47.2 Å². The Morgan fingerprint density at radius 1 is 0.850 bits per heavy atom. The van der Waals surface area contributed by atoms with Crippen LogP contribution >= 0.6 is 0 Å². The van der Waals surface area contributed by atoms with Crippen molar-refractivity contribution in [3.63, 3.8) is 0 Å². The van der Waals surface area contributed by atoms with E-state index in [1.54, 1.807) is 18.2 Å². The highest BCUT2D eigenvalue weighted by atomic mass is 16.3. The highest BCUT2D eigenvalue weighted by Gasteiger charge is 2.12. The van der Waals surface area contributed by atoms with E-state index in [1.165, 1.54) is 5.56 Å². The first-order valence-electron chi connectivity index (χ1n) is 7.08. The summed E-state index contributed by atoms with van der Waals surface area (Å²) in [4.78, 5) is 0. The molecule has 2 aromatic rings. The van der Waals surface area contributed by atoms with Crippen LogP contribution in [-0.2, 0) is 6.42 Å². The lowest BCUT2D eigenvalue weighted by Crippen LogP contribution is -2.00. The Morgan fingerprint density at radius 3 is 2.05 bits per heavy atom. The van der Waals surface area contributed by atoms with Gasteiger partial charge in [-0.15, -0.1) is 0 Å². The maximum Gasteiger partial charge on any atom is 0.118 e. The van der Waals surface area contributed by atoms with E-state index in [-0.39, 0.29) is 11.7 Å². The van der Waals surface area contributed by atoms with Crippen LogP contribution in [0.5, 0.6) is 11.5 Å². The van der Waals surface area contributed by atoms with Gasteiger partial charge >= 0.3 is 0 Å². The zero-order valence-corrected chi connectivity index (χ0v) is 12.3. The third kappa shape index (κ3) is 3.32. The first kappa shape index (κ1) is 14.4. The van der Waals surface area contributed by atoms with E-state index in [2.05, 4.69) is 26.8 Å². The van der Waals surface area contributed by atoms with Gasteiger partial charge < -0.3 is 10.2 Å². The summed E-state index contributed by atoms with van der Waals surface area (Å²) in [7, 11) is 0. The number of hydrogen-bond acceptors (Lipinski definition) is 2. The molecule has 0 aliphatic rings. The summed E-state index contributed by atoms with van der Waals surface area (Å²) in [6.07, 6.45) is 0.877. The highest BCUT2D eigenvalue weighted by molar-refractivity contribution is 5.41. The molecular formula is C18H22O2. The lowest BCUT2D eigenvalue weighted by atomic mass is 9.90. The minimum Gasteiger partial charge on any atom is -0.508 e. The fraction of sp³-hybridized carbons (Fsp3) is 0.333. The van der Waals surface area contributed by atoms with Crippen LogP contribution < -0.4 is 0 Å². The molecule has 0 saturated heterocycles. The van der Waals surface area contributed by atoms with E-state index in [1.807, 2.05) is 18.2 Å². The molecule has 0 fully saturated rings. The number of phenols is 2. The number of phenolic OH excluding ortho intramolecular Hbond substituents is 2. The fourth-order valence-electron chi connectivity index (χ4n) is 2.43. The molecule has 0 spiro atoms. The Labute approximate surface area is 120 Å². The van der Waals surface area contributed by atoms with E-state index in [4.69, 9.17) is 0 Å². The topological polar surface area (TPSA) is 40.5 Å². The Kier molecular flexibility index (Phi) is 4.33. The second kappa shape index (κ2) is 6.00. The maximum atomic E-state index is 9.94. The van der Waals surface area contributed by atoms with Crippen LogP contribution in [0.4, 0.5) is 0 Å². The van der Waals surface area contributed by atoms with Crippen molar-refractivity contribution in [1.29, 1.82) is 0 Å². The standard InChI is InChI=1S/C18H22O2/c1-12(2)10-16-11-15(6-9-18(16)20)13(3)14-4-7-17(19)8-5-14/h4-9,11-13,19-20H,10H2,1-3H3. The summed E-state index contributed by atoms with van der Waals surface area (Å²) < 4.78 is 0. The number of benzene rings is 2. The van der Waals surface area contributed by atoms with Gasteiger partial charge in [-0.3, -0.25) is 0 Å². The average molecular weight is 270 g/mol. The molecule has 1 unspecified atom stereocenters. The molecule has 2 heteroatoms. The quantitative estimate of drug-likeness (QED) is 0.861. The SMILES string of the molecule is CC(C)Cc1cc(C(C)c2ccc(O)cc2)ccc1O. The average Bonchev–Trinajstić information content (AvgIpc) is 2.41. The third-order valence-corrected chi connectivity index (χ3v) is 3.62. The van der Waals surface area contributed by atoms with Gasteiger partial charge in [0, 0.05) is 5.92 Å². The monoisotopic (exact) mass is 270 g/mol. The zero-order valence-electron chi connectivity index (χ0n) is 12.3. The lowest BCUT2D eigenvalue weighted by molar-refractivity contribution is 0.462. The molecular weight excluding hydrogens is 248 g/mol. The number of hydrogen-bond donors (Lipinski definition) is 2. The van der Waals surface area contributed by atoms with Crippen LogP contribution in [0, 0.1) is 5.92 Å². The third-order valence-electron chi connectivity index (χ3n) is 3.62. The van der Waals surface area contributed by atoms with Crippen molar-refractivity contribution in [1.82, 2.24) is 0 Å². The van der Waals surface area contributed by atoms with Crippen molar-refractivity contribution in [3.8, 4) is 11.5 Å². The molecule has 0 radical (unpaired) electrons. The van der Waals surface area contributed by atoms with Crippen LogP contribution in [-0.4, -0.2) is 10.2 Å². The molecule has 2 rings (SSSR count). The molecule has 106 valence electrons. The second-order valence-corrected chi connectivity index (χ2v) is 5.80. The molecule has 2 aromatic carbocycles. The van der Waals surface area contributed by atoms with Crippen LogP contribution in [0.3, 0.4) is 0 Å². The first-order valence-corrected chi connectivity index (χ1v) is 7.08. The van der Waals surface area contributed by atoms with Gasteiger partial charge in [-0.25, -0.2) is 0 Å². The van der Waals surface area contributed by atoms with E-state index in [9.17, 15) is 10.2 Å².